The Labute approximate surface area is 203 Å². The van der Waals surface area contributed by atoms with E-state index in [1.54, 1.807) is 41.3 Å². The van der Waals surface area contributed by atoms with E-state index in [0.29, 0.717) is 30.2 Å². The van der Waals surface area contributed by atoms with E-state index in [9.17, 15) is 14.4 Å². The fourth-order valence-corrected chi connectivity index (χ4v) is 3.92. The maximum absolute atomic E-state index is 12.3. The van der Waals surface area contributed by atoms with E-state index in [-0.39, 0.29) is 23.2 Å². The molecule has 1 atom stereocenters. The van der Waals surface area contributed by atoms with E-state index in [4.69, 9.17) is 10.5 Å². The highest BCUT2D eigenvalue weighted by Gasteiger charge is 2.28. The zero-order valence-corrected chi connectivity index (χ0v) is 19.1. The number of allylic oxidation sites excluding steroid dienone is 1. The summed E-state index contributed by atoms with van der Waals surface area (Å²) >= 11 is 0. The Morgan fingerprint density at radius 2 is 1.83 bits per heavy atom. The normalized spacial score (nSPS) is 15.2. The SMILES string of the molecule is C=CC(=O)N1CCC(c2cc(Oc3ccc(C=CC(=O)c4ccccc4)cc3)c(C(N)=O)cn2)C1. The summed E-state index contributed by atoms with van der Waals surface area (Å²) in [5.74, 6) is -0.00526. The lowest BCUT2D eigenvalue weighted by atomic mass is 10.0. The number of benzene rings is 2. The summed E-state index contributed by atoms with van der Waals surface area (Å²) in [7, 11) is 0. The number of rotatable bonds is 8. The number of hydrogen-bond donors (Lipinski definition) is 1. The van der Waals surface area contributed by atoms with Crippen molar-refractivity contribution in [1.29, 1.82) is 0 Å². The van der Waals surface area contributed by atoms with Crippen molar-refractivity contribution in [2.75, 3.05) is 13.1 Å². The molecule has 2 heterocycles. The van der Waals surface area contributed by atoms with Crippen LogP contribution < -0.4 is 10.5 Å². The molecule has 0 aliphatic carbocycles. The standard InChI is InChI=1S/C28H25N3O4/c1-2-27(33)31-15-14-21(18-31)24-16-26(23(17-30-24)28(29)34)35-22-11-8-19(9-12-22)10-13-25(32)20-6-4-3-5-7-20/h2-13,16-17,21H,1,14-15,18H2,(H2,29,34). The summed E-state index contributed by atoms with van der Waals surface area (Å²) in [6.07, 6.45) is 6.72. The number of nitrogens with zero attached hydrogens (tertiary/aromatic N) is 2. The van der Waals surface area contributed by atoms with Crippen molar-refractivity contribution in [3.05, 3.63) is 108 Å². The van der Waals surface area contributed by atoms with Gasteiger partial charge in [-0.2, -0.15) is 0 Å². The van der Waals surface area contributed by atoms with Gasteiger partial charge in [-0.15, -0.1) is 0 Å². The largest absolute Gasteiger partial charge is 0.456 e. The van der Waals surface area contributed by atoms with Gasteiger partial charge < -0.3 is 15.4 Å². The third kappa shape index (κ3) is 5.70. The molecule has 2 aromatic carbocycles. The van der Waals surface area contributed by atoms with Crippen LogP contribution in [0.25, 0.3) is 6.08 Å². The number of ketones is 1. The number of carbonyl (C=O) groups excluding carboxylic acids is 3. The summed E-state index contributed by atoms with van der Waals surface area (Å²) in [6.45, 7) is 4.68. The lowest BCUT2D eigenvalue weighted by Gasteiger charge is -2.15. The third-order valence-electron chi connectivity index (χ3n) is 5.84. The van der Waals surface area contributed by atoms with Crippen molar-refractivity contribution in [3.8, 4) is 11.5 Å². The minimum atomic E-state index is -0.645. The minimum Gasteiger partial charge on any atom is -0.456 e. The molecule has 1 saturated heterocycles. The molecule has 1 aromatic heterocycles. The van der Waals surface area contributed by atoms with Crippen molar-refractivity contribution in [2.45, 2.75) is 12.3 Å². The average Bonchev–Trinajstić information content (AvgIpc) is 3.38. The summed E-state index contributed by atoms with van der Waals surface area (Å²) in [5.41, 5.74) is 7.87. The second-order valence-electron chi connectivity index (χ2n) is 8.18. The van der Waals surface area contributed by atoms with Gasteiger partial charge in [0, 0.05) is 42.5 Å². The quantitative estimate of drug-likeness (QED) is 0.391. The number of ether oxygens (including phenoxy) is 1. The fourth-order valence-electron chi connectivity index (χ4n) is 3.92. The topological polar surface area (TPSA) is 103 Å². The zero-order valence-electron chi connectivity index (χ0n) is 19.1. The maximum atomic E-state index is 12.3. The van der Waals surface area contributed by atoms with Crippen molar-refractivity contribution in [1.82, 2.24) is 9.88 Å². The van der Waals surface area contributed by atoms with Gasteiger partial charge in [0.15, 0.2) is 5.78 Å². The van der Waals surface area contributed by atoms with E-state index in [1.807, 2.05) is 30.3 Å². The average molecular weight is 468 g/mol. The number of carbonyl (C=O) groups is 3. The zero-order chi connectivity index (χ0) is 24.8. The first-order valence-electron chi connectivity index (χ1n) is 11.2. The highest BCUT2D eigenvalue weighted by atomic mass is 16.5. The van der Waals surface area contributed by atoms with Gasteiger partial charge in [-0.1, -0.05) is 55.1 Å². The highest BCUT2D eigenvalue weighted by Crippen LogP contribution is 2.32. The molecule has 1 fully saturated rings. The summed E-state index contributed by atoms with van der Waals surface area (Å²) in [4.78, 5) is 42.2. The van der Waals surface area contributed by atoms with Crippen LogP contribution in [0.15, 0.2) is 85.6 Å². The Morgan fingerprint density at radius 1 is 1.09 bits per heavy atom. The fraction of sp³-hybridized carbons (Fsp3) is 0.143. The van der Waals surface area contributed by atoms with Crippen LogP contribution in [0.2, 0.25) is 0 Å². The molecule has 2 amide bonds. The maximum Gasteiger partial charge on any atom is 0.254 e. The molecule has 1 aliphatic rings. The number of nitrogens with two attached hydrogens (primary N) is 1. The lowest BCUT2D eigenvalue weighted by Crippen LogP contribution is -2.26. The second kappa shape index (κ2) is 10.6. The number of likely N-dealkylation sites (tertiary alicyclic amines) is 1. The van der Waals surface area contributed by atoms with E-state index in [2.05, 4.69) is 11.6 Å². The van der Waals surface area contributed by atoms with Crippen molar-refractivity contribution in [3.63, 3.8) is 0 Å². The first-order valence-corrected chi connectivity index (χ1v) is 11.2. The highest BCUT2D eigenvalue weighted by molar-refractivity contribution is 6.06. The van der Waals surface area contributed by atoms with Gasteiger partial charge >= 0.3 is 0 Å². The third-order valence-corrected chi connectivity index (χ3v) is 5.84. The second-order valence-corrected chi connectivity index (χ2v) is 8.18. The van der Waals surface area contributed by atoms with Gasteiger partial charge in [-0.3, -0.25) is 19.4 Å². The van der Waals surface area contributed by atoms with Crippen molar-refractivity contribution < 1.29 is 19.1 Å². The van der Waals surface area contributed by atoms with Gasteiger partial charge in [-0.05, 0) is 36.3 Å². The van der Waals surface area contributed by atoms with E-state index in [0.717, 1.165) is 17.7 Å². The number of amides is 2. The van der Waals surface area contributed by atoms with E-state index >= 15 is 0 Å². The number of aromatic nitrogens is 1. The van der Waals surface area contributed by atoms with Crippen molar-refractivity contribution >= 4 is 23.7 Å². The Kier molecular flexibility index (Phi) is 7.16. The van der Waals surface area contributed by atoms with Crippen LogP contribution in [0.4, 0.5) is 0 Å². The molecule has 0 radical (unpaired) electrons. The Balaban J connectivity index is 1.49. The molecular formula is C28H25N3O4. The van der Waals surface area contributed by atoms with Gasteiger partial charge in [-0.25, -0.2) is 0 Å². The molecule has 3 aromatic rings. The minimum absolute atomic E-state index is 0.0258. The molecule has 4 rings (SSSR count). The molecule has 35 heavy (non-hydrogen) atoms. The monoisotopic (exact) mass is 467 g/mol. The number of primary amides is 1. The molecule has 176 valence electrons. The molecular weight excluding hydrogens is 442 g/mol. The van der Waals surface area contributed by atoms with Crippen LogP contribution in [0.1, 0.15) is 44.3 Å². The van der Waals surface area contributed by atoms with Gasteiger partial charge in [0.05, 0.1) is 0 Å². The number of pyridine rings is 1. The predicted octanol–water partition coefficient (Wildman–Crippen LogP) is 4.37. The molecule has 2 N–H and O–H groups in total. The van der Waals surface area contributed by atoms with E-state index < -0.39 is 5.91 Å². The first-order chi connectivity index (χ1) is 16.9. The Morgan fingerprint density at radius 3 is 2.51 bits per heavy atom. The molecule has 1 unspecified atom stereocenters. The van der Waals surface area contributed by atoms with Gasteiger partial charge in [0.25, 0.3) is 5.91 Å². The Bertz CT molecular complexity index is 1280. The van der Waals surface area contributed by atoms with Crippen LogP contribution in [-0.4, -0.2) is 40.6 Å². The van der Waals surface area contributed by atoms with Gasteiger partial charge in [0.2, 0.25) is 5.91 Å². The summed E-state index contributed by atoms with van der Waals surface area (Å²) < 4.78 is 5.99. The van der Waals surface area contributed by atoms with Crippen LogP contribution in [-0.2, 0) is 4.79 Å². The Hall–Kier alpha value is -4.52. The van der Waals surface area contributed by atoms with Gasteiger partial charge in [0.1, 0.15) is 17.1 Å². The predicted molar refractivity (Wildman–Crippen MR) is 133 cm³/mol. The van der Waals surface area contributed by atoms with Crippen molar-refractivity contribution in [2.24, 2.45) is 5.73 Å². The van der Waals surface area contributed by atoms with Crippen LogP contribution >= 0.6 is 0 Å². The molecule has 1 aliphatic heterocycles. The smallest absolute Gasteiger partial charge is 0.254 e. The lowest BCUT2D eigenvalue weighted by molar-refractivity contribution is -0.125. The molecule has 0 saturated carbocycles. The molecule has 7 heteroatoms. The van der Waals surface area contributed by atoms with E-state index in [1.165, 1.54) is 18.3 Å². The molecule has 0 bridgehead atoms. The van der Waals surface area contributed by atoms with Crippen LogP contribution in [0.5, 0.6) is 11.5 Å². The number of hydrogen-bond acceptors (Lipinski definition) is 5. The molecule has 7 nitrogen and oxygen atoms in total. The van der Waals surface area contributed by atoms with Crippen LogP contribution in [0.3, 0.4) is 0 Å². The molecule has 0 spiro atoms. The first kappa shape index (κ1) is 23.6. The van der Waals surface area contributed by atoms with Crippen LogP contribution in [0, 0.1) is 0 Å². The summed E-state index contributed by atoms with van der Waals surface area (Å²) in [5, 5.41) is 0. The summed E-state index contributed by atoms with van der Waals surface area (Å²) in [6, 6.07) is 17.9.